The number of unbranched alkanes of at least 4 members (excludes halogenated alkanes) is 47. The zero-order valence-corrected chi connectivity index (χ0v) is 65.2. The largest absolute Gasteiger partial charge is 0.472 e. The number of hydrogen-bond donors (Lipinski definition) is 3. The van der Waals surface area contributed by atoms with Gasteiger partial charge in [0.2, 0.25) is 0 Å². The first-order valence-corrected chi connectivity index (χ1v) is 43.5. The van der Waals surface area contributed by atoms with Gasteiger partial charge >= 0.3 is 39.5 Å². The van der Waals surface area contributed by atoms with Crippen molar-refractivity contribution in [2.75, 3.05) is 39.6 Å². The van der Waals surface area contributed by atoms with Gasteiger partial charge in [-0.1, -0.05) is 356 Å². The van der Waals surface area contributed by atoms with Crippen molar-refractivity contribution in [2.45, 2.75) is 426 Å². The third kappa shape index (κ3) is 72.2. The smallest absolute Gasteiger partial charge is 0.462 e. The second-order valence-corrected chi connectivity index (χ2v) is 32.0. The summed E-state index contributed by atoms with van der Waals surface area (Å²) in [6, 6.07) is 0. The highest BCUT2D eigenvalue weighted by Crippen LogP contribution is 2.45. The molecule has 0 aromatic rings. The Morgan fingerprint density at radius 2 is 0.474 bits per heavy atom. The van der Waals surface area contributed by atoms with Crippen LogP contribution in [0.15, 0.2) is 0 Å². The normalized spacial score (nSPS) is 14.0. The van der Waals surface area contributed by atoms with Crippen LogP contribution in [0.4, 0.5) is 0 Å². The summed E-state index contributed by atoms with van der Waals surface area (Å²) in [6.45, 7) is 9.57. The number of esters is 4. The molecule has 0 aliphatic rings. The van der Waals surface area contributed by atoms with Gasteiger partial charge < -0.3 is 33.8 Å². The molecule has 3 N–H and O–H groups in total. The highest BCUT2D eigenvalue weighted by atomic mass is 31.2. The second kappa shape index (κ2) is 69.8. The molecule has 0 amide bonds. The lowest BCUT2D eigenvalue weighted by Crippen LogP contribution is -2.30. The predicted molar refractivity (Wildman–Crippen MR) is 395 cm³/mol. The molecule has 19 heteroatoms. The number of hydrogen-bond acceptors (Lipinski definition) is 15. The van der Waals surface area contributed by atoms with Crippen molar-refractivity contribution in [3.63, 3.8) is 0 Å². The summed E-state index contributed by atoms with van der Waals surface area (Å²) in [4.78, 5) is 72.8. The van der Waals surface area contributed by atoms with Gasteiger partial charge in [0.25, 0.3) is 0 Å². The molecule has 0 aromatic carbocycles. The molecule has 0 spiro atoms. The summed E-state index contributed by atoms with van der Waals surface area (Å²) < 4.78 is 68.6. The van der Waals surface area contributed by atoms with Gasteiger partial charge in [0.15, 0.2) is 12.2 Å². The first-order valence-electron chi connectivity index (χ1n) is 40.5. The predicted octanol–water partition coefficient (Wildman–Crippen LogP) is 23.1. The Kier molecular flexibility index (Phi) is 68.4. The van der Waals surface area contributed by atoms with E-state index in [9.17, 15) is 43.2 Å². The molecule has 0 heterocycles. The minimum atomic E-state index is -4.96. The molecule has 0 rings (SSSR count). The highest BCUT2D eigenvalue weighted by Gasteiger charge is 2.30. The van der Waals surface area contributed by atoms with E-state index in [-0.39, 0.29) is 25.7 Å². The second-order valence-electron chi connectivity index (χ2n) is 29.1. The molecule has 0 aliphatic heterocycles. The molecular formula is C78H152O17P2. The summed E-state index contributed by atoms with van der Waals surface area (Å²) in [5.74, 6) is -0.626. The van der Waals surface area contributed by atoms with Gasteiger partial charge in [0.1, 0.15) is 19.3 Å². The van der Waals surface area contributed by atoms with Crippen LogP contribution in [0, 0.1) is 11.8 Å². The summed E-state index contributed by atoms with van der Waals surface area (Å²) in [5, 5.41) is 10.6. The van der Waals surface area contributed by atoms with Gasteiger partial charge in [-0.15, -0.1) is 0 Å². The van der Waals surface area contributed by atoms with Gasteiger partial charge in [-0.05, 0) is 37.5 Å². The molecule has 0 bridgehead atoms. The molecule has 0 aliphatic carbocycles. The van der Waals surface area contributed by atoms with E-state index in [1.807, 2.05) is 0 Å². The van der Waals surface area contributed by atoms with E-state index in [0.717, 1.165) is 102 Å². The first-order chi connectivity index (χ1) is 46.9. The van der Waals surface area contributed by atoms with Crippen LogP contribution in [0.2, 0.25) is 0 Å². The fourth-order valence-electron chi connectivity index (χ4n) is 12.0. The van der Waals surface area contributed by atoms with Crippen molar-refractivity contribution in [3.05, 3.63) is 0 Å². The Bertz CT molecular complexity index is 1870. The summed E-state index contributed by atoms with van der Waals surface area (Å²) in [6.07, 6.45) is 58.4. The van der Waals surface area contributed by atoms with E-state index < -0.39 is 97.5 Å². The van der Waals surface area contributed by atoms with Crippen molar-refractivity contribution in [1.29, 1.82) is 0 Å². The van der Waals surface area contributed by atoms with E-state index in [1.165, 1.54) is 225 Å². The van der Waals surface area contributed by atoms with E-state index >= 15 is 0 Å². The lowest BCUT2D eigenvalue weighted by Gasteiger charge is -2.21. The fraction of sp³-hybridized carbons (Fsp3) is 0.949. The van der Waals surface area contributed by atoms with Crippen LogP contribution in [0.1, 0.15) is 408 Å². The third-order valence-corrected chi connectivity index (χ3v) is 20.1. The number of carbonyl (C=O) groups is 4. The van der Waals surface area contributed by atoms with Crippen LogP contribution < -0.4 is 0 Å². The minimum absolute atomic E-state index is 0.105. The maximum absolute atomic E-state index is 13.1. The Morgan fingerprint density at radius 1 is 0.278 bits per heavy atom. The molecule has 5 atom stereocenters. The average molecular weight is 1420 g/mol. The van der Waals surface area contributed by atoms with Crippen LogP contribution in [0.5, 0.6) is 0 Å². The number of ether oxygens (including phenoxy) is 4. The SMILES string of the molecule is CCCCCCCCCCCCCCCCCCCCCCCC(=O)O[C@H](COC(=O)CCCCCCCCCCCCCC(C)C)COP(=O)(O)OC[C@@H](O)COP(=O)(O)OC[C@@H](COC(=O)CCCCCCCCCCCCC)OC(=O)CCCCCCCCCCC(C)C. The summed E-state index contributed by atoms with van der Waals surface area (Å²) in [5.41, 5.74) is 0. The van der Waals surface area contributed by atoms with Crippen molar-refractivity contribution in [2.24, 2.45) is 11.8 Å². The van der Waals surface area contributed by atoms with Gasteiger partial charge in [-0.3, -0.25) is 37.3 Å². The molecule has 0 radical (unpaired) electrons. The third-order valence-electron chi connectivity index (χ3n) is 18.2. The summed E-state index contributed by atoms with van der Waals surface area (Å²) in [7, 11) is -9.91. The Morgan fingerprint density at radius 3 is 0.701 bits per heavy atom. The molecule has 17 nitrogen and oxygen atoms in total. The molecule has 0 saturated carbocycles. The quantitative estimate of drug-likeness (QED) is 0.0222. The highest BCUT2D eigenvalue weighted by molar-refractivity contribution is 7.47. The zero-order chi connectivity index (χ0) is 71.4. The Balaban J connectivity index is 5.21. The number of phosphoric acid groups is 2. The maximum atomic E-state index is 13.1. The molecular weight excluding hydrogens is 1270 g/mol. The fourth-order valence-corrected chi connectivity index (χ4v) is 13.6. The van der Waals surface area contributed by atoms with Crippen LogP contribution in [-0.2, 0) is 65.4 Å². The van der Waals surface area contributed by atoms with Gasteiger partial charge in [0, 0.05) is 25.7 Å². The van der Waals surface area contributed by atoms with E-state index in [0.29, 0.717) is 25.7 Å². The number of aliphatic hydroxyl groups excluding tert-OH is 1. The molecule has 97 heavy (non-hydrogen) atoms. The van der Waals surface area contributed by atoms with Gasteiger partial charge in [-0.2, -0.15) is 0 Å². The lowest BCUT2D eigenvalue weighted by molar-refractivity contribution is -0.161. The van der Waals surface area contributed by atoms with Crippen LogP contribution in [0.25, 0.3) is 0 Å². The van der Waals surface area contributed by atoms with E-state index in [4.69, 9.17) is 37.0 Å². The molecule has 0 saturated heterocycles. The van der Waals surface area contributed by atoms with Crippen molar-refractivity contribution in [3.8, 4) is 0 Å². The minimum Gasteiger partial charge on any atom is -0.462 e. The molecule has 0 fully saturated rings. The molecule has 576 valence electrons. The van der Waals surface area contributed by atoms with E-state index in [2.05, 4.69) is 41.5 Å². The van der Waals surface area contributed by atoms with Crippen LogP contribution >= 0.6 is 15.6 Å². The van der Waals surface area contributed by atoms with Gasteiger partial charge in [-0.25, -0.2) is 9.13 Å². The first kappa shape index (κ1) is 95.1. The number of carbonyl (C=O) groups excluding carboxylic acids is 4. The van der Waals surface area contributed by atoms with Crippen molar-refractivity contribution >= 4 is 39.5 Å². The monoisotopic (exact) mass is 1420 g/mol. The topological polar surface area (TPSA) is 237 Å². The van der Waals surface area contributed by atoms with Gasteiger partial charge in [0.05, 0.1) is 26.4 Å². The van der Waals surface area contributed by atoms with E-state index in [1.54, 1.807) is 0 Å². The molecule has 0 aromatic heterocycles. The van der Waals surface area contributed by atoms with Crippen LogP contribution in [-0.4, -0.2) is 96.7 Å². The maximum Gasteiger partial charge on any atom is 0.472 e. The number of phosphoric ester groups is 2. The Labute approximate surface area is 594 Å². The van der Waals surface area contributed by atoms with Crippen molar-refractivity contribution < 1.29 is 80.2 Å². The number of rotatable bonds is 77. The summed E-state index contributed by atoms with van der Waals surface area (Å²) >= 11 is 0. The molecule has 2 unspecified atom stereocenters. The standard InChI is InChI=1S/C78H152O17P2/c1-7-9-11-13-15-17-19-20-21-22-23-24-25-26-27-28-32-37-44-50-56-62-77(82)94-73(66-89-76(81)61-55-49-43-36-33-29-31-34-40-46-52-58-70(3)4)68-92-96(84,85)90-64-72(79)65-91-97(86,87)93-69-74(95-78(83)63-57-51-45-39-38-41-47-53-59-71(5)6)67-88-75(80)60-54-48-42-35-30-18-16-14-12-10-8-2/h70-74,79H,7-69H2,1-6H3,(H,84,85)(H,86,87)/t72-,73-,74-/m1/s1. The van der Waals surface area contributed by atoms with Crippen molar-refractivity contribution in [1.82, 2.24) is 0 Å². The average Bonchev–Trinajstić information content (AvgIpc) is 1.82. The Hall–Kier alpha value is -1.94. The lowest BCUT2D eigenvalue weighted by atomic mass is 10.0. The number of aliphatic hydroxyl groups is 1. The zero-order valence-electron chi connectivity index (χ0n) is 63.4. The van der Waals surface area contributed by atoms with Crippen LogP contribution in [0.3, 0.4) is 0 Å².